The van der Waals surface area contributed by atoms with Crippen molar-refractivity contribution in [2.24, 2.45) is 5.41 Å². The smallest absolute Gasteiger partial charge is 0.284 e. The van der Waals surface area contributed by atoms with Crippen molar-refractivity contribution in [2.45, 2.75) is 44.6 Å². The Morgan fingerprint density at radius 2 is 2.00 bits per heavy atom. The summed E-state index contributed by atoms with van der Waals surface area (Å²) < 4.78 is 5.27. The predicted octanol–water partition coefficient (Wildman–Crippen LogP) is 3.85. The number of nitrogens with one attached hydrogen (secondary N) is 2. The lowest BCUT2D eigenvalue weighted by Gasteiger charge is -2.22. The Morgan fingerprint density at radius 1 is 1.26 bits per heavy atom. The van der Waals surface area contributed by atoms with Crippen LogP contribution in [0.5, 0.6) is 0 Å². The predicted molar refractivity (Wildman–Crippen MR) is 88.5 cm³/mol. The fraction of sp³-hybridized carbons (Fsp3) is 0.471. The molecule has 0 saturated heterocycles. The number of aromatic amines is 1. The van der Waals surface area contributed by atoms with Crippen LogP contribution in [0.2, 0.25) is 0 Å². The summed E-state index contributed by atoms with van der Waals surface area (Å²) in [6, 6.07) is 7.61. The van der Waals surface area contributed by atoms with E-state index in [1.165, 1.54) is 32.1 Å². The molecule has 2 N–H and O–H groups in total. The summed E-state index contributed by atoms with van der Waals surface area (Å²) in [5.74, 6) is 0.442. The van der Waals surface area contributed by atoms with Crippen LogP contribution in [0.4, 0.5) is 0 Å². The topological polar surface area (TPSA) is 70.9 Å². The normalized spacial score (nSPS) is 22.0. The number of rotatable bonds is 3. The largest absolute Gasteiger partial charge is 0.409 e. The minimum Gasteiger partial charge on any atom is -0.409 e. The molecule has 0 aliphatic heterocycles. The average molecular weight is 329 g/mol. The first-order chi connectivity index (χ1) is 11.2. The van der Waals surface area contributed by atoms with Crippen LogP contribution in [0.3, 0.4) is 0 Å². The molecule has 1 spiro atoms. The van der Waals surface area contributed by atoms with Crippen molar-refractivity contribution in [1.29, 1.82) is 0 Å². The van der Waals surface area contributed by atoms with Gasteiger partial charge in [-0.2, -0.15) is 0 Å². The van der Waals surface area contributed by atoms with Gasteiger partial charge in [-0.1, -0.05) is 19.3 Å². The molecule has 2 aliphatic rings. The molecule has 6 heteroatoms. The number of aromatic nitrogens is 2. The van der Waals surface area contributed by atoms with E-state index in [2.05, 4.69) is 15.5 Å². The highest BCUT2D eigenvalue weighted by molar-refractivity contribution is 7.71. The molecule has 4 rings (SSSR count). The third kappa shape index (κ3) is 2.83. The summed E-state index contributed by atoms with van der Waals surface area (Å²) in [4.78, 5) is 12.6. The second kappa shape index (κ2) is 5.60. The van der Waals surface area contributed by atoms with Crippen LogP contribution in [-0.2, 0) is 0 Å². The van der Waals surface area contributed by atoms with E-state index in [1.807, 2.05) is 12.1 Å². The van der Waals surface area contributed by atoms with Crippen LogP contribution in [0.15, 0.2) is 28.7 Å². The third-order valence-electron chi connectivity index (χ3n) is 5.18. The molecular weight excluding hydrogens is 310 g/mol. The van der Waals surface area contributed by atoms with Gasteiger partial charge in [0.15, 0.2) is 0 Å². The van der Waals surface area contributed by atoms with Gasteiger partial charge >= 0.3 is 0 Å². The second-order valence-corrected chi connectivity index (χ2v) is 7.02. The fourth-order valence-corrected chi connectivity index (χ4v) is 3.84. The van der Waals surface area contributed by atoms with E-state index in [-0.39, 0.29) is 10.7 Å². The first-order valence-corrected chi connectivity index (χ1v) is 8.54. The average Bonchev–Trinajstić information content (AvgIpc) is 3.02. The monoisotopic (exact) mass is 329 g/mol. The van der Waals surface area contributed by atoms with Gasteiger partial charge in [-0.05, 0) is 61.2 Å². The minimum atomic E-state index is 0.00641. The summed E-state index contributed by atoms with van der Waals surface area (Å²) in [6.45, 7) is 0. The van der Waals surface area contributed by atoms with Crippen molar-refractivity contribution in [3.8, 4) is 11.5 Å². The lowest BCUT2D eigenvalue weighted by Crippen LogP contribution is -2.30. The van der Waals surface area contributed by atoms with Crippen molar-refractivity contribution in [1.82, 2.24) is 15.5 Å². The van der Waals surface area contributed by atoms with E-state index in [0.29, 0.717) is 22.9 Å². The zero-order chi connectivity index (χ0) is 15.9. The molecule has 0 bridgehead atoms. The van der Waals surface area contributed by atoms with E-state index < -0.39 is 0 Å². The van der Waals surface area contributed by atoms with Gasteiger partial charge in [0.25, 0.3) is 10.7 Å². The molecular formula is C17H19N3O2S. The standard InChI is InChI=1S/C17H19N3O2S/c21-14(18-13-10-17(13)8-2-1-3-9-17)11-4-6-12(7-5-11)15-19-20-16(23)22-15/h4-7,13H,1-3,8-10H2,(H,18,21)(H,20,23)/t13-/m0/s1. The van der Waals surface area contributed by atoms with Gasteiger partial charge in [0, 0.05) is 17.2 Å². The van der Waals surface area contributed by atoms with Gasteiger partial charge in [-0.15, -0.1) is 5.10 Å². The molecule has 5 nitrogen and oxygen atoms in total. The molecule has 0 unspecified atom stereocenters. The van der Waals surface area contributed by atoms with Crippen LogP contribution < -0.4 is 5.32 Å². The molecule has 1 aromatic heterocycles. The number of hydrogen-bond donors (Lipinski definition) is 2. The molecule has 1 heterocycles. The molecule has 2 aromatic rings. The number of carbonyl (C=O) groups is 1. The Labute approximate surface area is 139 Å². The van der Waals surface area contributed by atoms with Gasteiger partial charge in [0.05, 0.1) is 0 Å². The van der Waals surface area contributed by atoms with Crippen molar-refractivity contribution in [3.05, 3.63) is 34.7 Å². The van der Waals surface area contributed by atoms with Gasteiger partial charge in [-0.3, -0.25) is 4.79 Å². The first-order valence-electron chi connectivity index (χ1n) is 8.13. The molecule has 1 atom stereocenters. The molecule has 0 radical (unpaired) electrons. The minimum absolute atomic E-state index is 0.00641. The maximum atomic E-state index is 12.4. The van der Waals surface area contributed by atoms with Crippen molar-refractivity contribution >= 4 is 18.1 Å². The van der Waals surface area contributed by atoms with Gasteiger partial charge in [-0.25, -0.2) is 5.10 Å². The second-order valence-electron chi connectivity index (χ2n) is 6.65. The van der Waals surface area contributed by atoms with Crippen LogP contribution in [-0.4, -0.2) is 22.1 Å². The Bertz CT molecular complexity index is 772. The Morgan fingerprint density at radius 3 is 2.65 bits per heavy atom. The zero-order valence-corrected chi connectivity index (χ0v) is 13.6. The molecule has 120 valence electrons. The van der Waals surface area contributed by atoms with Gasteiger partial charge < -0.3 is 9.73 Å². The van der Waals surface area contributed by atoms with E-state index in [9.17, 15) is 4.79 Å². The summed E-state index contributed by atoms with van der Waals surface area (Å²) >= 11 is 4.86. The summed E-state index contributed by atoms with van der Waals surface area (Å²) in [5, 5.41) is 9.76. The highest BCUT2D eigenvalue weighted by atomic mass is 32.1. The SMILES string of the molecule is O=C(N[C@H]1CC12CCCCC2)c1ccc(-c2n[nH]c(=S)o2)cc1. The van der Waals surface area contributed by atoms with E-state index in [0.717, 1.165) is 12.0 Å². The van der Waals surface area contributed by atoms with E-state index in [4.69, 9.17) is 16.6 Å². The molecule has 2 saturated carbocycles. The number of amides is 1. The number of hydrogen-bond acceptors (Lipinski definition) is 4. The Balaban J connectivity index is 1.42. The van der Waals surface area contributed by atoms with Crippen LogP contribution >= 0.6 is 12.2 Å². The molecule has 1 amide bonds. The number of nitrogens with zero attached hydrogens (tertiary/aromatic N) is 1. The Kier molecular flexibility index (Phi) is 3.56. The lowest BCUT2D eigenvalue weighted by molar-refractivity contribution is 0.0942. The summed E-state index contributed by atoms with van der Waals surface area (Å²) in [7, 11) is 0. The fourth-order valence-electron chi connectivity index (χ4n) is 3.72. The van der Waals surface area contributed by atoms with Crippen molar-refractivity contribution in [2.75, 3.05) is 0 Å². The summed E-state index contributed by atoms with van der Waals surface area (Å²) in [6.07, 6.45) is 7.62. The molecule has 1 aromatic carbocycles. The lowest BCUT2D eigenvalue weighted by atomic mass is 9.86. The van der Waals surface area contributed by atoms with Gasteiger partial charge in [0.1, 0.15) is 0 Å². The first kappa shape index (κ1) is 14.6. The maximum Gasteiger partial charge on any atom is 0.284 e. The van der Waals surface area contributed by atoms with E-state index in [1.54, 1.807) is 12.1 Å². The van der Waals surface area contributed by atoms with Gasteiger partial charge in [0.2, 0.25) is 5.89 Å². The van der Waals surface area contributed by atoms with Crippen molar-refractivity contribution in [3.63, 3.8) is 0 Å². The zero-order valence-electron chi connectivity index (χ0n) is 12.8. The highest BCUT2D eigenvalue weighted by Gasteiger charge is 2.54. The number of benzene rings is 1. The molecule has 23 heavy (non-hydrogen) atoms. The summed E-state index contributed by atoms with van der Waals surface area (Å²) in [5.41, 5.74) is 1.87. The Hall–Kier alpha value is -1.95. The van der Waals surface area contributed by atoms with E-state index >= 15 is 0 Å². The van der Waals surface area contributed by atoms with Crippen LogP contribution in [0.25, 0.3) is 11.5 Å². The number of H-pyrrole nitrogens is 1. The highest BCUT2D eigenvalue weighted by Crippen LogP contribution is 2.56. The molecule has 2 fully saturated rings. The number of carbonyl (C=O) groups excluding carboxylic acids is 1. The quantitative estimate of drug-likeness (QED) is 0.839. The van der Waals surface area contributed by atoms with Crippen LogP contribution in [0, 0.1) is 10.3 Å². The van der Waals surface area contributed by atoms with Crippen molar-refractivity contribution < 1.29 is 9.21 Å². The van der Waals surface area contributed by atoms with Crippen LogP contribution in [0.1, 0.15) is 48.9 Å². The molecule has 2 aliphatic carbocycles. The maximum absolute atomic E-state index is 12.4. The third-order valence-corrected chi connectivity index (χ3v) is 5.35.